The average Bonchev–Trinajstić information content (AvgIpc) is 2.95. The number of carbonyl (C=O) groups is 2. The highest BCUT2D eigenvalue weighted by molar-refractivity contribution is 7.18. The van der Waals surface area contributed by atoms with Gasteiger partial charge in [-0.1, -0.05) is 34.6 Å². The molecular weight excluding hydrogens is 372 g/mol. The fraction of sp³-hybridized carbons (Fsp3) is 0.500. The first-order valence-electron chi connectivity index (χ1n) is 8.32. The normalized spacial score (nSPS) is 12.6. The molecule has 1 aromatic heterocycles. The number of hydrogen-bond acceptors (Lipinski definition) is 5. The number of carbonyl (C=O) groups excluding carboxylic acids is 2. The summed E-state index contributed by atoms with van der Waals surface area (Å²) in [4.78, 5) is 28.5. The van der Waals surface area contributed by atoms with Gasteiger partial charge in [0, 0.05) is 11.1 Å². The molecule has 0 spiro atoms. The van der Waals surface area contributed by atoms with Gasteiger partial charge in [0.05, 0.1) is 27.8 Å². The molecule has 0 aliphatic heterocycles. The molecule has 0 saturated heterocycles. The van der Waals surface area contributed by atoms with Crippen LogP contribution in [-0.2, 0) is 15.0 Å². The second kappa shape index (κ2) is 8.79. The summed E-state index contributed by atoms with van der Waals surface area (Å²) in [7, 11) is 0. The minimum atomic E-state index is -0.614. The van der Waals surface area contributed by atoms with Crippen LogP contribution in [0.25, 0.3) is 10.2 Å². The lowest BCUT2D eigenvalue weighted by molar-refractivity contribution is -0.125. The fourth-order valence-corrected chi connectivity index (χ4v) is 3.18. The van der Waals surface area contributed by atoms with Crippen LogP contribution in [0.15, 0.2) is 18.2 Å². The number of rotatable bonds is 5. The maximum atomic E-state index is 12.0. The Kier molecular flexibility index (Phi) is 7.56. The van der Waals surface area contributed by atoms with Crippen molar-refractivity contribution in [1.29, 1.82) is 0 Å². The summed E-state index contributed by atoms with van der Waals surface area (Å²) in [6.45, 7) is 9.99. The molecule has 0 saturated carbocycles. The monoisotopic (exact) mass is 398 g/mol. The molecule has 4 N–H and O–H groups in total. The molecule has 26 heavy (non-hydrogen) atoms. The topological polar surface area (TPSA) is 97.1 Å². The third-order valence-electron chi connectivity index (χ3n) is 3.76. The van der Waals surface area contributed by atoms with Gasteiger partial charge in [0.2, 0.25) is 11.8 Å². The Morgan fingerprint density at radius 2 is 1.92 bits per heavy atom. The zero-order valence-electron chi connectivity index (χ0n) is 15.8. The van der Waals surface area contributed by atoms with Crippen molar-refractivity contribution in [3.63, 3.8) is 0 Å². The quantitative estimate of drug-likeness (QED) is 0.720. The predicted octanol–water partition coefficient (Wildman–Crippen LogP) is 3.05. The van der Waals surface area contributed by atoms with Crippen molar-refractivity contribution in [2.45, 2.75) is 46.1 Å². The second-order valence-electron chi connectivity index (χ2n) is 7.49. The molecule has 0 fully saturated rings. The summed E-state index contributed by atoms with van der Waals surface area (Å²) in [5.41, 5.74) is 7.35. The first-order chi connectivity index (χ1) is 11.6. The molecule has 1 atom stereocenters. The van der Waals surface area contributed by atoms with Gasteiger partial charge in [-0.3, -0.25) is 9.59 Å². The molecule has 0 aliphatic rings. The molecule has 144 valence electrons. The maximum Gasteiger partial charge on any atom is 0.243 e. The molecule has 2 amide bonds. The first kappa shape index (κ1) is 22.3. The number of benzene rings is 1. The molecule has 0 radical (unpaired) electrons. The van der Waals surface area contributed by atoms with Crippen LogP contribution in [0.2, 0.25) is 0 Å². The van der Waals surface area contributed by atoms with Crippen LogP contribution in [0.1, 0.15) is 39.6 Å². The van der Waals surface area contributed by atoms with Crippen molar-refractivity contribution in [2.75, 3.05) is 11.9 Å². The number of hydrogen-bond donors (Lipinski definition) is 3. The first-order valence-corrected chi connectivity index (χ1v) is 9.14. The van der Waals surface area contributed by atoms with Crippen molar-refractivity contribution in [3.05, 3.63) is 23.2 Å². The summed E-state index contributed by atoms with van der Waals surface area (Å²) >= 11 is 1.62. The number of thiazole rings is 1. The van der Waals surface area contributed by atoms with Gasteiger partial charge >= 0.3 is 0 Å². The van der Waals surface area contributed by atoms with E-state index in [1.54, 1.807) is 11.3 Å². The van der Waals surface area contributed by atoms with Crippen molar-refractivity contribution in [3.8, 4) is 0 Å². The Morgan fingerprint density at radius 3 is 2.50 bits per heavy atom. The zero-order chi connectivity index (χ0) is 18.8. The van der Waals surface area contributed by atoms with E-state index < -0.39 is 6.04 Å². The van der Waals surface area contributed by atoms with Gasteiger partial charge in [0.25, 0.3) is 0 Å². The Morgan fingerprint density at radius 1 is 1.27 bits per heavy atom. The number of nitrogens with one attached hydrogen (secondary N) is 2. The van der Waals surface area contributed by atoms with Crippen molar-refractivity contribution >= 4 is 51.5 Å². The predicted molar refractivity (Wildman–Crippen MR) is 110 cm³/mol. The van der Waals surface area contributed by atoms with Gasteiger partial charge in [0.15, 0.2) is 0 Å². The van der Waals surface area contributed by atoms with Crippen LogP contribution in [0.3, 0.4) is 0 Å². The average molecular weight is 399 g/mol. The zero-order valence-corrected chi connectivity index (χ0v) is 17.4. The molecule has 8 heteroatoms. The Hall–Kier alpha value is -1.70. The van der Waals surface area contributed by atoms with Gasteiger partial charge in [-0.15, -0.1) is 23.7 Å². The lowest BCUT2D eigenvalue weighted by Gasteiger charge is -2.15. The number of halogens is 1. The lowest BCUT2D eigenvalue weighted by atomic mass is 9.98. The van der Waals surface area contributed by atoms with Gasteiger partial charge in [-0.2, -0.15) is 0 Å². The van der Waals surface area contributed by atoms with E-state index in [1.807, 2.05) is 32.0 Å². The van der Waals surface area contributed by atoms with E-state index >= 15 is 0 Å². The summed E-state index contributed by atoms with van der Waals surface area (Å²) in [5, 5.41) is 6.41. The third kappa shape index (κ3) is 5.65. The van der Waals surface area contributed by atoms with Crippen LogP contribution >= 0.6 is 23.7 Å². The Labute approximate surface area is 164 Å². The van der Waals surface area contributed by atoms with Crippen molar-refractivity contribution in [1.82, 2.24) is 10.3 Å². The van der Waals surface area contributed by atoms with E-state index in [-0.39, 0.29) is 42.1 Å². The smallest absolute Gasteiger partial charge is 0.243 e. The van der Waals surface area contributed by atoms with Crippen molar-refractivity contribution in [2.24, 2.45) is 11.7 Å². The fourth-order valence-electron chi connectivity index (χ4n) is 2.12. The number of nitrogens with zero attached hydrogens (tertiary/aromatic N) is 1. The van der Waals surface area contributed by atoms with Crippen LogP contribution in [0.5, 0.6) is 0 Å². The number of amides is 2. The van der Waals surface area contributed by atoms with Gasteiger partial charge in [-0.05, 0) is 24.1 Å². The number of anilines is 1. The highest BCUT2D eigenvalue weighted by Crippen LogP contribution is 2.32. The summed E-state index contributed by atoms with van der Waals surface area (Å²) in [6.07, 6.45) is 0. The molecule has 1 heterocycles. The van der Waals surface area contributed by atoms with Crippen LogP contribution in [-0.4, -0.2) is 29.4 Å². The molecule has 2 aromatic rings. The number of aromatic nitrogens is 1. The van der Waals surface area contributed by atoms with Crippen LogP contribution < -0.4 is 16.4 Å². The van der Waals surface area contributed by atoms with Crippen molar-refractivity contribution < 1.29 is 9.59 Å². The summed E-state index contributed by atoms with van der Waals surface area (Å²) in [6, 6.07) is 5.00. The lowest BCUT2D eigenvalue weighted by Crippen LogP contribution is -2.46. The van der Waals surface area contributed by atoms with E-state index in [0.29, 0.717) is 5.69 Å². The number of fused-ring (bicyclic) bond motifs is 1. The Bertz CT molecular complexity index is 783. The van der Waals surface area contributed by atoms with E-state index in [9.17, 15) is 9.59 Å². The minimum absolute atomic E-state index is 0. The van der Waals surface area contributed by atoms with Crippen LogP contribution in [0.4, 0.5) is 5.69 Å². The highest BCUT2D eigenvalue weighted by atomic mass is 35.5. The molecule has 0 aliphatic carbocycles. The standard InChI is InChI=1S/C18H26N4O2S.ClH/c1-10(2)15(19)16(24)20-9-14(23)21-11-6-7-12-13(8-11)25-17(22-12)18(3,4)5;/h6-8,10,15H,9,19H2,1-5H3,(H,20,24)(H,21,23);1H/t15-;/m0./s1. The van der Waals surface area contributed by atoms with Gasteiger partial charge < -0.3 is 16.4 Å². The van der Waals surface area contributed by atoms with Gasteiger partial charge in [0.1, 0.15) is 0 Å². The van der Waals surface area contributed by atoms with E-state index in [4.69, 9.17) is 5.73 Å². The molecule has 6 nitrogen and oxygen atoms in total. The van der Waals surface area contributed by atoms with Gasteiger partial charge in [-0.25, -0.2) is 4.98 Å². The largest absolute Gasteiger partial charge is 0.346 e. The van der Waals surface area contributed by atoms with E-state index in [0.717, 1.165) is 15.2 Å². The van der Waals surface area contributed by atoms with E-state index in [2.05, 4.69) is 36.4 Å². The second-order valence-corrected chi connectivity index (χ2v) is 8.52. The van der Waals surface area contributed by atoms with E-state index in [1.165, 1.54) is 0 Å². The molecule has 0 bridgehead atoms. The SMILES string of the molecule is CC(C)[C@H](N)C(=O)NCC(=O)Nc1ccc2nc(C(C)(C)C)sc2c1.Cl. The summed E-state index contributed by atoms with van der Waals surface area (Å²) < 4.78 is 1.02. The third-order valence-corrected chi connectivity index (χ3v) is 5.20. The maximum absolute atomic E-state index is 12.0. The molecule has 1 aromatic carbocycles. The molecular formula is C18H27ClN4O2S. The summed E-state index contributed by atoms with van der Waals surface area (Å²) in [5.74, 6) is -0.587. The van der Waals surface area contributed by atoms with Crippen LogP contribution in [0, 0.1) is 5.92 Å². The minimum Gasteiger partial charge on any atom is -0.346 e. The molecule has 2 rings (SSSR count). The number of nitrogens with two attached hydrogens (primary N) is 1. The molecule has 0 unspecified atom stereocenters. The Balaban J connectivity index is 0.00000338. The highest BCUT2D eigenvalue weighted by Gasteiger charge is 2.19.